The van der Waals surface area contributed by atoms with E-state index in [0.717, 1.165) is 0 Å². The van der Waals surface area contributed by atoms with Crippen LogP contribution in [0.5, 0.6) is 0 Å². The molecule has 0 saturated heterocycles. The number of ketones is 2. The zero-order chi connectivity index (χ0) is 23.7. The van der Waals surface area contributed by atoms with Crippen LogP contribution in [0.3, 0.4) is 0 Å². The average Bonchev–Trinajstić information content (AvgIpc) is 2.96. The van der Waals surface area contributed by atoms with Crippen molar-refractivity contribution < 1.29 is 33.7 Å². The summed E-state index contributed by atoms with van der Waals surface area (Å²) in [5.74, 6) is -2.69. The van der Waals surface area contributed by atoms with E-state index in [9.17, 15) is 24.6 Å². The van der Waals surface area contributed by atoms with Gasteiger partial charge in [-0.05, 0) is 50.7 Å². The first kappa shape index (κ1) is 23.3. The van der Waals surface area contributed by atoms with Gasteiger partial charge in [-0.2, -0.15) is 0 Å². The van der Waals surface area contributed by atoms with Crippen molar-refractivity contribution in [3.63, 3.8) is 0 Å². The van der Waals surface area contributed by atoms with Crippen LogP contribution in [0.1, 0.15) is 59.8 Å². The Morgan fingerprint density at radius 2 is 1.97 bits per heavy atom. The number of aliphatic hydroxyl groups excluding tert-OH is 2. The van der Waals surface area contributed by atoms with Gasteiger partial charge in [-0.15, -0.1) is 0 Å². The summed E-state index contributed by atoms with van der Waals surface area (Å²) >= 11 is 0. The van der Waals surface area contributed by atoms with Gasteiger partial charge >= 0.3 is 5.97 Å². The Morgan fingerprint density at radius 3 is 2.59 bits per heavy atom. The number of carbonyl (C=O) groups is 3. The second-order valence-corrected chi connectivity index (χ2v) is 10.5. The van der Waals surface area contributed by atoms with Gasteiger partial charge in [0.05, 0.1) is 6.10 Å². The number of carbonyl (C=O) groups excluding carboxylic acids is 3. The number of hydrogen-bond donors (Lipinski definition) is 2. The molecule has 2 unspecified atom stereocenters. The van der Waals surface area contributed by atoms with Gasteiger partial charge in [0.25, 0.3) is 0 Å². The van der Waals surface area contributed by atoms with E-state index >= 15 is 4.39 Å². The number of halogens is 1. The van der Waals surface area contributed by atoms with Crippen molar-refractivity contribution in [2.75, 3.05) is 6.61 Å². The molecule has 0 bridgehead atoms. The standard InChI is InChI=1S/C25H33FO6/c1-5-21(31)32-25(20(30)13-27)14(2)10-18-17-7-6-15-11-16(28)8-9-22(15,3)24(17,26)19(29)12-23(18,25)4/h8-9,11,14,17-19,27,29H,5-7,10,12-13H2,1-4H3/t14-,17?,18?,19+,22+,23+,24+,25+/m1/s1. The molecule has 0 heterocycles. The van der Waals surface area contributed by atoms with E-state index in [0.29, 0.717) is 24.8 Å². The van der Waals surface area contributed by atoms with Gasteiger partial charge in [0.2, 0.25) is 5.78 Å². The van der Waals surface area contributed by atoms with Gasteiger partial charge in [0, 0.05) is 29.1 Å². The van der Waals surface area contributed by atoms with Crippen LogP contribution in [0.15, 0.2) is 23.8 Å². The highest BCUT2D eigenvalue weighted by Gasteiger charge is 2.77. The molecule has 3 saturated carbocycles. The van der Waals surface area contributed by atoms with E-state index in [4.69, 9.17) is 4.74 Å². The Balaban J connectivity index is 1.85. The number of esters is 1. The van der Waals surface area contributed by atoms with Crippen molar-refractivity contribution in [2.24, 2.45) is 28.6 Å². The zero-order valence-corrected chi connectivity index (χ0v) is 19.2. The van der Waals surface area contributed by atoms with E-state index in [1.165, 1.54) is 12.2 Å². The molecule has 32 heavy (non-hydrogen) atoms. The van der Waals surface area contributed by atoms with Gasteiger partial charge in [-0.1, -0.05) is 32.4 Å². The molecule has 0 aromatic heterocycles. The highest BCUT2D eigenvalue weighted by atomic mass is 19.1. The lowest BCUT2D eigenvalue weighted by Gasteiger charge is -2.62. The number of rotatable bonds is 4. The molecule has 0 radical (unpaired) electrons. The monoisotopic (exact) mass is 448 g/mol. The van der Waals surface area contributed by atoms with Crippen molar-refractivity contribution in [1.29, 1.82) is 0 Å². The molecular formula is C25H33FO6. The van der Waals surface area contributed by atoms with Crippen molar-refractivity contribution in [3.05, 3.63) is 23.8 Å². The summed E-state index contributed by atoms with van der Waals surface area (Å²) in [7, 11) is 0. The van der Waals surface area contributed by atoms with E-state index < -0.39 is 58.4 Å². The summed E-state index contributed by atoms with van der Waals surface area (Å²) in [6.07, 6.45) is 4.38. The van der Waals surface area contributed by atoms with E-state index in [-0.39, 0.29) is 24.5 Å². The van der Waals surface area contributed by atoms with Crippen molar-refractivity contribution >= 4 is 17.5 Å². The van der Waals surface area contributed by atoms with Crippen LogP contribution in [0.25, 0.3) is 0 Å². The molecular weight excluding hydrogens is 415 g/mol. The maximum absolute atomic E-state index is 17.2. The summed E-state index contributed by atoms with van der Waals surface area (Å²) in [4.78, 5) is 37.5. The molecule has 4 rings (SSSR count). The van der Waals surface area contributed by atoms with Crippen LogP contribution in [0.4, 0.5) is 4.39 Å². The summed E-state index contributed by atoms with van der Waals surface area (Å²) in [6, 6.07) is 0. The summed E-state index contributed by atoms with van der Waals surface area (Å²) in [6.45, 7) is 6.19. The smallest absolute Gasteiger partial charge is 0.306 e. The molecule has 2 N–H and O–H groups in total. The third kappa shape index (κ3) is 2.61. The number of allylic oxidation sites excluding steroid dienone is 4. The van der Waals surface area contributed by atoms with Gasteiger partial charge in [0.15, 0.2) is 17.1 Å². The number of ether oxygens (including phenoxy) is 1. The topological polar surface area (TPSA) is 101 Å². The molecule has 4 aliphatic carbocycles. The van der Waals surface area contributed by atoms with Crippen molar-refractivity contribution in [3.8, 4) is 0 Å². The van der Waals surface area contributed by atoms with Gasteiger partial charge in [0.1, 0.15) is 6.61 Å². The van der Waals surface area contributed by atoms with Crippen LogP contribution >= 0.6 is 0 Å². The normalized spacial score (nSPS) is 47.2. The van der Waals surface area contributed by atoms with Gasteiger partial charge in [-0.25, -0.2) is 4.39 Å². The number of hydrogen-bond acceptors (Lipinski definition) is 6. The number of aliphatic hydroxyl groups is 2. The fourth-order valence-electron chi connectivity index (χ4n) is 7.77. The molecule has 6 nitrogen and oxygen atoms in total. The van der Waals surface area contributed by atoms with E-state index in [1.54, 1.807) is 33.8 Å². The minimum atomic E-state index is -2.02. The average molecular weight is 449 g/mol. The third-order valence-corrected chi connectivity index (χ3v) is 9.30. The molecule has 4 aliphatic rings. The molecule has 0 aromatic carbocycles. The van der Waals surface area contributed by atoms with E-state index in [2.05, 4.69) is 0 Å². The van der Waals surface area contributed by atoms with Crippen LogP contribution in [-0.2, 0) is 19.1 Å². The summed E-state index contributed by atoms with van der Waals surface area (Å²) in [5.41, 5.74) is -5.10. The van der Waals surface area contributed by atoms with Crippen LogP contribution in [0.2, 0.25) is 0 Å². The molecule has 0 aromatic rings. The predicted molar refractivity (Wildman–Crippen MR) is 114 cm³/mol. The summed E-state index contributed by atoms with van der Waals surface area (Å²) < 4.78 is 23.0. The first-order valence-electron chi connectivity index (χ1n) is 11.6. The first-order chi connectivity index (χ1) is 14.9. The van der Waals surface area contributed by atoms with Gasteiger partial charge in [-0.3, -0.25) is 14.4 Å². The molecule has 7 heteroatoms. The molecule has 0 aliphatic heterocycles. The molecule has 8 atom stereocenters. The van der Waals surface area contributed by atoms with Crippen LogP contribution in [-0.4, -0.2) is 51.7 Å². The molecule has 3 fully saturated rings. The Labute approximate surface area is 187 Å². The predicted octanol–water partition coefficient (Wildman–Crippen LogP) is 2.86. The largest absolute Gasteiger partial charge is 0.450 e. The lowest BCUT2D eigenvalue weighted by Crippen LogP contribution is -2.70. The second kappa shape index (κ2) is 7.32. The molecule has 0 spiro atoms. The van der Waals surface area contributed by atoms with Crippen LogP contribution < -0.4 is 0 Å². The lowest BCUT2D eigenvalue weighted by atomic mass is 9.44. The van der Waals surface area contributed by atoms with Crippen LogP contribution in [0, 0.1) is 28.6 Å². The summed E-state index contributed by atoms with van der Waals surface area (Å²) in [5, 5.41) is 21.2. The number of fused-ring (bicyclic) bond motifs is 5. The Morgan fingerprint density at radius 1 is 1.28 bits per heavy atom. The minimum absolute atomic E-state index is 0.0675. The quantitative estimate of drug-likeness (QED) is 0.642. The number of alkyl halides is 1. The third-order valence-electron chi connectivity index (χ3n) is 9.30. The Kier molecular flexibility index (Phi) is 5.33. The minimum Gasteiger partial charge on any atom is -0.450 e. The highest BCUT2D eigenvalue weighted by Crippen LogP contribution is 2.71. The lowest BCUT2D eigenvalue weighted by molar-refractivity contribution is -0.228. The van der Waals surface area contributed by atoms with Gasteiger partial charge < -0.3 is 14.9 Å². The molecule has 0 amide bonds. The maximum Gasteiger partial charge on any atom is 0.306 e. The second-order valence-electron chi connectivity index (χ2n) is 10.5. The molecule has 176 valence electrons. The highest BCUT2D eigenvalue weighted by molar-refractivity contribution is 6.01. The van der Waals surface area contributed by atoms with Crippen molar-refractivity contribution in [1.82, 2.24) is 0 Å². The Bertz CT molecular complexity index is 925. The van der Waals surface area contributed by atoms with E-state index in [1.807, 2.05) is 0 Å². The van der Waals surface area contributed by atoms with Crippen molar-refractivity contribution in [2.45, 2.75) is 77.2 Å². The Hall–Kier alpha value is -1.86. The zero-order valence-electron chi connectivity index (χ0n) is 19.2. The maximum atomic E-state index is 17.2. The SMILES string of the molecule is CCC(=O)O[C@]1(C(=O)CO)[C@H](C)CC2C3CCC4=CC(=O)C=C[C@]4(C)[C@@]3(F)[C@@H](O)C[C@@]21C. The number of Topliss-reactive ketones (excluding diaryl/α,β-unsaturated/α-hetero) is 1. The fourth-order valence-corrected chi connectivity index (χ4v) is 7.77. The first-order valence-corrected chi connectivity index (χ1v) is 11.6. The fraction of sp³-hybridized carbons (Fsp3) is 0.720.